The number of carboxylic acids is 1. The summed E-state index contributed by atoms with van der Waals surface area (Å²) in [6.07, 6.45) is 0. The molecule has 0 unspecified atom stereocenters. The minimum Gasteiger partial charge on any atom is -0.480 e. The first-order chi connectivity index (χ1) is 8.84. The molecule has 0 saturated carbocycles. The lowest BCUT2D eigenvalue weighted by molar-refractivity contribution is -0.140. The lowest BCUT2D eigenvalue weighted by Crippen LogP contribution is -2.41. The van der Waals surface area contributed by atoms with Crippen molar-refractivity contribution in [3.05, 3.63) is 28.2 Å². The molecule has 19 heavy (non-hydrogen) atoms. The van der Waals surface area contributed by atoms with Gasteiger partial charge in [-0.3, -0.25) is 4.79 Å². The number of benzene rings is 1. The van der Waals surface area contributed by atoms with E-state index in [0.29, 0.717) is 0 Å². The maximum atomic E-state index is 12.4. The highest BCUT2D eigenvalue weighted by molar-refractivity contribution is 8.00. The lowest BCUT2D eigenvalue weighted by Gasteiger charge is -2.20. The number of nitrogens with zero attached hydrogens (tertiary/aromatic N) is 1. The summed E-state index contributed by atoms with van der Waals surface area (Å²) in [5.41, 5.74) is 0. The SMILES string of the molecule is O=C(O)[C@@H]1CSCN1S(=O)(=O)c1cc(Cl)ccc1Cl. The number of rotatable bonds is 3. The Morgan fingerprint density at radius 3 is 2.74 bits per heavy atom. The molecule has 0 amide bonds. The van der Waals surface area contributed by atoms with Crippen LogP contribution in [0.1, 0.15) is 0 Å². The Hall–Kier alpha value is -0.470. The standard InChI is InChI=1S/C10H9Cl2NO4S2/c11-6-1-2-7(12)9(3-6)19(16,17)13-5-18-4-8(13)10(14)15/h1-3,8H,4-5H2,(H,14,15)/t8-/m0/s1. The van der Waals surface area contributed by atoms with E-state index in [4.69, 9.17) is 28.3 Å². The van der Waals surface area contributed by atoms with Gasteiger partial charge in [0.2, 0.25) is 10.0 Å². The van der Waals surface area contributed by atoms with E-state index in [-0.39, 0.29) is 26.6 Å². The van der Waals surface area contributed by atoms with Gasteiger partial charge in [0, 0.05) is 10.8 Å². The Balaban J connectivity index is 2.48. The Bertz CT molecular complexity index is 620. The molecule has 0 bridgehead atoms. The van der Waals surface area contributed by atoms with E-state index in [1.165, 1.54) is 30.0 Å². The molecule has 1 fully saturated rings. The van der Waals surface area contributed by atoms with Crippen molar-refractivity contribution in [1.82, 2.24) is 4.31 Å². The minimum atomic E-state index is -3.97. The molecule has 1 saturated heterocycles. The van der Waals surface area contributed by atoms with E-state index in [1.54, 1.807) is 0 Å². The summed E-state index contributed by atoms with van der Waals surface area (Å²) in [5.74, 6) is -0.874. The largest absolute Gasteiger partial charge is 0.480 e. The van der Waals surface area contributed by atoms with Gasteiger partial charge in [-0.15, -0.1) is 11.8 Å². The number of carbonyl (C=O) groups is 1. The van der Waals surface area contributed by atoms with Gasteiger partial charge in [-0.05, 0) is 18.2 Å². The molecule has 1 aromatic rings. The van der Waals surface area contributed by atoms with Crippen LogP contribution in [0, 0.1) is 0 Å². The van der Waals surface area contributed by atoms with Gasteiger partial charge in [0.15, 0.2) is 0 Å². The second-order valence-electron chi connectivity index (χ2n) is 3.82. The fourth-order valence-corrected chi connectivity index (χ4v) is 5.53. The molecule has 1 aliphatic rings. The van der Waals surface area contributed by atoms with Crippen molar-refractivity contribution < 1.29 is 18.3 Å². The summed E-state index contributed by atoms with van der Waals surface area (Å²) in [6.45, 7) is 0. The third-order valence-electron chi connectivity index (χ3n) is 2.61. The van der Waals surface area contributed by atoms with Crippen LogP contribution in [0.3, 0.4) is 0 Å². The van der Waals surface area contributed by atoms with Crippen molar-refractivity contribution in [3.63, 3.8) is 0 Å². The molecule has 2 rings (SSSR count). The average molecular weight is 342 g/mol. The topological polar surface area (TPSA) is 74.7 Å². The number of thioether (sulfide) groups is 1. The quantitative estimate of drug-likeness (QED) is 0.911. The summed E-state index contributed by atoms with van der Waals surface area (Å²) in [7, 11) is -3.97. The van der Waals surface area contributed by atoms with Gasteiger partial charge in [0.25, 0.3) is 0 Å². The van der Waals surface area contributed by atoms with E-state index < -0.39 is 22.0 Å². The fourth-order valence-electron chi connectivity index (χ4n) is 1.66. The maximum absolute atomic E-state index is 12.4. The van der Waals surface area contributed by atoms with Crippen molar-refractivity contribution in [1.29, 1.82) is 0 Å². The molecule has 0 aromatic heterocycles. The highest BCUT2D eigenvalue weighted by Crippen LogP contribution is 2.33. The van der Waals surface area contributed by atoms with E-state index >= 15 is 0 Å². The normalized spacial score (nSPS) is 20.6. The van der Waals surface area contributed by atoms with E-state index in [1.807, 2.05) is 0 Å². The van der Waals surface area contributed by atoms with E-state index in [2.05, 4.69) is 0 Å². The molecule has 0 spiro atoms. The molecule has 104 valence electrons. The Morgan fingerprint density at radius 1 is 1.42 bits per heavy atom. The number of hydrogen-bond acceptors (Lipinski definition) is 4. The van der Waals surface area contributed by atoms with Gasteiger partial charge in [0.1, 0.15) is 10.9 Å². The first-order valence-electron chi connectivity index (χ1n) is 5.11. The van der Waals surface area contributed by atoms with Crippen LogP contribution in [0.25, 0.3) is 0 Å². The molecule has 0 aliphatic carbocycles. The van der Waals surface area contributed by atoms with Crippen LogP contribution in [0.2, 0.25) is 10.0 Å². The zero-order valence-electron chi connectivity index (χ0n) is 9.42. The number of hydrogen-bond donors (Lipinski definition) is 1. The zero-order valence-corrected chi connectivity index (χ0v) is 12.6. The van der Waals surface area contributed by atoms with Crippen LogP contribution >= 0.6 is 35.0 Å². The number of halogens is 2. The maximum Gasteiger partial charge on any atom is 0.322 e. The Morgan fingerprint density at radius 2 is 2.11 bits per heavy atom. The minimum absolute atomic E-state index is 0.0189. The third-order valence-corrected chi connectivity index (χ3v) is 6.35. The number of carboxylic acid groups (broad SMARTS) is 1. The second kappa shape index (κ2) is 5.49. The van der Waals surface area contributed by atoms with Crippen LogP contribution in [0.5, 0.6) is 0 Å². The van der Waals surface area contributed by atoms with Crippen LogP contribution in [0.15, 0.2) is 23.1 Å². The summed E-state index contributed by atoms with van der Waals surface area (Å²) in [5, 5.41) is 9.28. The molecular weight excluding hydrogens is 333 g/mol. The summed E-state index contributed by atoms with van der Waals surface area (Å²) in [4.78, 5) is 10.9. The summed E-state index contributed by atoms with van der Waals surface area (Å²) < 4.78 is 25.8. The van der Waals surface area contributed by atoms with E-state index in [9.17, 15) is 13.2 Å². The van der Waals surface area contributed by atoms with Gasteiger partial charge in [-0.2, -0.15) is 4.31 Å². The molecule has 1 atom stereocenters. The van der Waals surface area contributed by atoms with Gasteiger partial charge in [0.05, 0.1) is 10.9 Å². The lowest BCUT2D eigenvalue weighted by atomic mass is 10.3. The molecule has 1 heterocycles. The van der Waals surface area contributed by atoms with Crippen molar-refractivity contribution in [2.45, 2.75) is 10.9 Å². The predicted molar refractivity (Wildman–Crippen MR) is 74.2 cm³/mol. The van der Waals surface area contributed by atoms with Crippen LogP contribution in [-0.2, 0) is 14.8 Å². The first-order valence-corrected chi connectivity index (χ1v) is 8.46. The highest BCUT2D eigenvalue weighted by atomic mass is 35.5. The zero-order chi connectivity index (χ0) is 14.2. The fraction of sp³-hybridized carbons (Fsp3) is 0.300. The van der Waals surface area contributed by atoms with Gasteiger partial charge < -0.3 is 5.11 Å². The number of sulfonamides is 1. The second-order valence-corrected chi connectivity index (χ2v) is 7.52. The molecule has 1 aromatic carbocycles. The van der Waals surface area contributed by atoms with Crippen molar-refractivity contribution in [3.8, 4) is 0 Å². The smallest absolute Gasteiger partial charge is 0.322 e. The molecule has 9 heteroatoms. The summed E-state index contributed by atoms with van der Waals surface area (Å²) >= 11 is 12.9. The van der Waals surface area contributed by atoms with Crippen LogP contribution in [0.4, 0.5) is 0 Å². The van der Waals surface area contributed by atoms with E-state index in [0.717, 1.165) is 4.31 Å². The van der Waals surface area contributed by atoms with Crippen molar-refractivity contribution in [2.24, 2.45) is 0 Å². The molecule has 1 N–H and O–H groups in total. The van der Waals surface area contributed by atoms with Crippen molar-refractivity contribution in [2.75, 3.05) is 11.6 Å². The highest BCUT2D eigenvalue weighted by Gasteiger charge is 2.40. The number of aliphatic carboxylic acids is 1. The Kier molecular flexibility index (Phi) is 4.32. The Labute approximate surface area is 124 Å². The van der Waals surface area contributed by atoms with Gasteiger partial charge >= 0.3 is 5.97 Å². The molecule has 0 radical (unpaired) electrons. The van der Waals surface area contributed by atoms with Crippen LogP contribution in [-0.4, -0.2) is 41.5 Å². The predicted octanol–water partition coefficient (Wildman–Crippen LogP) is 2.14. The molecule has 5 nitrogen and oxygen atoms in total. The monoisotopic (exact) mass is 341 g/mol. The molecular formula is C10H9Cl2NO4S2. The molecule has 1 aliphatic heterocycles. The third kappa shape index (κ3) is 2.85. The van der Waals surface area contributed by atoms with Gasteiger partial charge in [-0.25, -0.2) is 8.42 Å². The van der Waals surface area contributed by atoms with Gasteiger partial charge in [-0.1, -0.05) is 23.2 Å². The average Bonchev–Trinajstić information content (AvgIpc) is 2.82. The first kappa shape index (κ1) is 14.9. The van der Waals surface area contributed by atoms with Crippen molar-refractivity contribution >= 4 is 51.0 Å². The summed E-state index contributed by atoms with van der Waals surface area (Å²) in [6, 6.07) is 2.98. The van der Waals surface area contributed by atoms with Crippen LogP contribution < -0.4 is 0 Å².